The van der Waals surface area contributed by atoms with Gasteiger partial charge in [0.05, 0.1) is 5.69 Å². The number of anilines is 1. The van der Waals surface area contributed by atoms with E-state index in [1.807, 2.05) is 26.0 Å². The molecule has 0 saturated carbocycles. The van der Waals surface area contributed by atoms with Crippen molar-refractivity contribution in [3.05, 3.63) is 35.5 Å². The second-order valence-corrected chi connectivity index (χ2v) is 6.00. The minimum atomic E-state index is 0.138. The molecular weight excluding hydrogens is 250 g/mol. The minimum Gasteiger partial charge on any atom is -0.437 e. The summed E-state index contributed by atoms with van der Waals surface area (Å²) < 4.78 is 7.68. The molecule has 0 aliphatic rings. The monoisotopic (exact) mass is 273 g/mol. The van der Waals surface area contributed by atoms with Crippen LogP contribution in [0, 0.1) is 6.92 Å². The molecule has 0 atom stereocenters. The second kappa shape index (κ2) is 5.19. The third-order valence-electron chi connectivity index (χ3n) is 3.36. The summed E-state index contributed by atoms with van der Waals surface area (Å²) in [4.78, 5) is 0. The number of hydrogen-bond acceptors (Lipinski definition) is 3. The van der Waals surface area contributed by atoms with Crippen molar-refractivity contribution in [1.29, 1.82) is 0 Å². The van der Waals surface area contributed by atoms with Gasteiger partial charge < -0.3 is 10.5 Å². The molecule has 2 rings (SSSR count). The quantitative estimate of drug-likeness (QED) is 0.923. The Kier molecular flexibility index (Phi) is 3.75. The highest BCUT2D eigenvalue weighted by atomic mass is 16.5. The van der Waals surface area contributed by atoms with Crippen LogP contribution < -0.4 is 10.5 Å². The Hall–Kier alpha value is -1.97. The molecule has 0 spiro atoms. The van der Waals surface area contributed by atoms with Crippen LogP contribution in [0.4, 0.5) is 5.69 Å². The predicted molar refractivity (Wildman–Crippen MR) is 82.3 cm³/mol. The fraction of sp³-hybridized carbons (Fsp3) is 0.438. The molecule has 0 aliphatic heterocycles. The standard InChI is InChI=1S/C16H23N3O/c1-6-19-15(14(17)11(2)18-19)20-13-9-7-12(8-10-13)16(3,4)5/h7-10H,6,17H2,1-5H3. The SMILES string of the molecule is CCn1nc(C)c(N)c1Oc1ccc(C(C)(C)C)cc1. The molecular formula is C16H23N3O. The zero-order valence-electron chi connectivity index (χ0n) is 12.9. The Balaban J connectivity index is 2.27. The van der Waals surface area contributed by atoms with Crippen LogP contribution in [0.5, 0.6) is 11.6 Å². The van der Waals surface area contributed by atoms with E-state index in [9.17, 15) is 0 Å². The summed E-state index contributed by atoms with van der Waals surface area (Å²) in [7, 11) is 0. The largest absolute Gasteiger partial charge is 0.437 e. The van der Waals surface area contributed by atoms with Crippen molar-refractivity contribution in [3.63, 3.8) is 0 Å². The van der Waals surface area contributed by atoms with Crippen molar-refractivity contribution in [2.24, 2.45) is 0 Å². The molecule has 0 amide bonds. The first-order chi connectivity index (χ1) is 9.32. The first kappa shape index (κ1) is 14.4. The molecule has 0 bridgehead atoms. The zero-order valence-corrected chi connectivity index (χ0v) is 12.9. The number of aromatic nitrogens is 2. The van der Waals surface area contributed by atoms with E-state index in [2.05, 4.69) is 38.0 Å². The first-order valence-corrected chi connectivity index (χ1v) is 6.94. The molecule has 2 aromatic rings. The summed E-state index contributed by atoms with van der Waals surface area (Å²) in [6, 6.07) is 8.13. The van der Waals surface area contributed by atoms with Gasteiger partial charge in [0.25, 0.3) is 0 Å². The molecule has 0 saturated heterocycles. The lowest BCUT2D eigenvalue weighted by Gasteiger charge is -2.19. The van der Waals surface area contributed by atoms with E-state index in [-0.39, 0.29) is 5.41 Å². The Morgan fingerprint density at radius 3 is 2.30 bits per heavy atom. The third-order valence-corrected chi connectivity index (χ3v) is 3.36. The molecule has 4 heteroatoms. The Morgan fingerprint density at radius 2 is 1.80 bits per heavy atom. The van der Waals surface area contributed by atoms with E-state index in [0.717, 1.165) is 18.0 Å². The Morgan fingerprint density at radius 1 is 1.20 bits per heavy atom. The number of rotatable bonds is 3. The van der Waals surface area contributed by atoms with Gasteiger partial charge in [-0.05, 0) is 37.0 Å². The summed E-state index contributed by atoms with van der Waals surface area (Å²) in [5.74, 6) is 1.40. The van der Waals surface area contributed by atoms with Gasteiger partial charge in [0.1, 0.15) is 11.4 Å². The fourth-order valence-electron chi connectivity index (χ4n) is 2.03. The normalized spacial score (nSPS) is 11.7. The van der Waals surface area contributed by atoms with Crippen molar-refractivity contribution >= 4 is 5.69 Å². The van der Waals surface area contributed by atoms with E-state index >= 15 is 0 Å². The van der Waals surface area contributed by atoms with Crippen LogP contribution in [0.25, 0.3) is 0 Å². The average Bonchev–Trinajstić information content (AvgIpc) is 2.66. The Labute approximate surface area is 120 Å². The van der Waals surface area contributed by atoms with Crippen molar-refractivity contribution in [1.82, 2.24) is 9.78 Å². The molecule has 2 N–H and O–H groups in total. The molecule has 0 radical (unpaired) electrons. The molecule has 0 fully saturated rings. The maximum absolute atomic E-state index is 6.02. The number of nitrogens with two attached hydrogens (primary N) is 1. The maximum Gasteiger partial charge on any atom is 0.241 e. The number of benzene rings is 1. The lowest BCUT2D eigenvalue weighted by Crippen LogP contribution is -2.10. The molecule has 1 heterocycles. The predicted octanol–water partition coefficient (Wildman–Crippen LogP) is 3.88. The summed E-state index contributed by atoms with van der Waals surface area (Å²) in [5.41, 5.74) is 8.83. The summed E-state index contributed by atoms with van der Waals surface area (Å²) in [6.45, 7) is 11.2. The lowest BCUT2D eigenvalue weighted by molar-refractivity contribution is 0.418. The number of nitrogen functional groups attached to an aromatic ring is 1. The smallest absolute Gasteiger partial charge is 0.241 e. The summed E-state index contributed by atoms with van der Waals surface area (Å²) in [6.07, 6.45) is 0. The van der Waals surface area contributed by atoms with Crippen LogP contribution in [0.15, 0.2) is 24.3 Å². The zero-order chi connectivity index (χ0) is 14.9. The molecule has 0 unspecified atom stereocenters. The van der Waals surface area contributed by atoms with Crippen LogP contribution in [-0.2, 0) is 12.0 Å². The van der Waals surface area contributed by atoms with Crippen LogP contribution in [-0.4, -0.2) is 9.78 Å². The molecule has 4 nitrogen and oxygen atoms in total. The van der Waals surface area contributed by atoms with Gasteiger partial charge in [-0.1, -0.05) is 32.9 Å². The topological polar surface area (TPSA) is 53.1 Å². The van der Waals surface area contributed by atoms with E-state index < -0.39 is 0 Å². The number of nitrogens with zero attached hydrogens (tertiary/aromatic N) is 2. The third kappa shape index (κ3) is 2.79. The minimum absolute atomic E-state index is 0.138. The van der Waals surface area contributed by atoms with Gasteiger partial charge in [0, 0.05) is 6.54 Å². The van der Waals surface area contributed by atoms with Gasteiger partial charge in [-0.2, -0.15) is 5.10 Å². The van der Waals surface area contributed by atoms with Crippen LogP contribution in [0.2, 0.25) is 0 Å². The van der Waals surface area contributed by atoms with Crippen LogP contribution in [0.1, 0.15) is 39.0 Å². The first-order valence-electron chi connectivity index (χ1n) is 6.94. The van der Waals surface area contributed by atoms with Gasteiger partial charge in [-0.3, -0.25) is 0 Å². The van der Waals surface area contributed by atoms with Crippen molar-refractivity contribution in [3.8, 4) is 11.6 Å². The number of hydrogen-bond donors (Lipinski definition) is 1. The molecule has 1 aromatic carbocycles. The van der Waals surface area contributed by atoms with E-state index in [4.69, 9.17) is 10.5 Å². The van der Waals surface area contributed by atoms with E-state index in [1.165, 1.54) is 5.56 Å². The summed E-state index contributed by atoms with van der Waals surface area (Å²) >= 11 is 0. The highest BCUT2D eigenvalue weighted by Crippen LogP contribution is 2.31. The summed E-state index contributed by atoms with van der Waals surface area (Å²) in [5, 5.41) is 4.35. The van der Waals surface area contributed by atoms with Crippen molar-refractivity contribution in [2.75, 3.05) is 5.73 Å². The molecule has 0 aliphatic carbocycles. The number of aryl methyl sites for hydroxylation is 2. The Bertz CT molecular complexity index is 591. The van der Waals surface area contributed by atoms with Crippen LogP contribution >= 0.6 is 0 Å². The van der Waals surface area contributed by atoms with Crippen molar-refractivity contribution < 1.29 is 4.74 Å². The molecule has 1 aromatic heterocycles. The van der Waals surface area contributed by atoms with Gasteiger partial charge in [-0.15, -0.1) is 0 Å². The van der Waals surface area contributed by atoms with Crippen LogP contribution in [0.3, 0.4) is 0 Å². The van der Waals surface area contributed by atoms with Gasteiger partial charge in [0.2, 0.25) is 5.88 Å². The van der Waals surface area contributed by atoms with Gasteiger partial charge in [-0.25, -0.2) is 4.68 Å². The van der Waals surface area contributed by atoms with E-state index in [1.54, 1.807) is 4.68 Å². The highest BCUT2D eigenvalue weighted by molar-refractivity contribution is 5.54. The van der Waals surface area contributed by atoms with Gasteiger partial charge >= 0.3 is 0 Å². The molecule has 108 valence electrons. The van der Waals surface area contributed by atoms with Gasteiger partial charge in [0.15, 0.2) is 0 Å². The lowest BCUT2D eigenvalue weighted by atomic mass is 9.87. The van der Waals surface area contributed by atoms with E-state index in [0.29, 0.717) is 11.6 Å². The van der Waals surface area contributed by atoms with Crippen molar-refractivity contribution in [2.45, 2.75) is 46.6 Å². The molecule has 20 heavy (non-hydrogen) atoms. The maximum atomic E-state index is 6.02. The highest BCUT2D eigenvalue weighted by Gasteiger charge is 2.16. The second-order valence-electron chi connectivity index (χ2n) is 6.00. The number of ether oxygens (including phenoxy) is 1. The average molecular weight is 273 g/mol. The fourth-order valence-corrected chi connectivity index (χ4v) is 2.03.